The number of fused-ring (bicyclic) bond motifs is 1. The molecule has 0 unspecified atom stereocenters. The van der Waals surface area contributed by atoms with E-state index >= 15 is 0 Å². The van der Waals surface area contributed by atoms with Crippen molar-refractivity contribution < 1.29 is 9.53 Å². The van der Waals surface area contributed by atoms with Crippen molar-refractivity contribution in [3.63, 3.8) is 0 Å². The standard InChI is InChI=1S/C26H25N9O2S/c1-15(36)20-24(35-12-7-26(8-13-35)21(27)16-4-2-3-5-18(16)37-26)34-22(28)25(33-20)38-19-6-9-31-23(32-19)17-14-29-10-11-30-17/h2-6,9-11,14,21H,7-8,12-13,27H2,1H3,(H2,28,34)/t21-/m1/s1. The van der Waals surface area contributed by atoms with Gasteiger partial charge in [-0.05, 0) is 23.9 Å². The van der Waals surface area contributed by atoms with E-state index in [4.69, 9.17) is 16.2 Å². The van der Waals surface area contributed by atoms with Gasteiger partial charge < -0.3 is 21.1 Å². The molecule has 11 nitrogen and oxygen atoms in total. The normalized spacial score (nSPS) is 17.7. The van der Waals surface area contributed by atoms with E-state index in [-0.39, 0.29) is 23.3 Å². The highest BCUT2D eigenvalue weighted by Crippen LogP contribution is 2.47. The third-order valence-corrected chi connectivity index (χ3v) is 7.80. The Morgan fingerprint density at radius 2 is 1.89 bits per heavy atom. The fraction of sp³-hybridized carbons (Fsp3) is 0.269. The van der Waals surface area contributed by atoms with Gasteiger partial charge in [0.15, 0.2) is 23.2 Å². The zero-order valence-corrected chi connectivity index (χ0v) is 21.4. The van der Waals surface area contributed by atoms with Crippen LogP contribution in [0.15, 0.2) is 65.2 Å². The topological polar surface area (TPSA) is 159 Å². The van der Waals surface area contributed by atoms with Crippen molar-refractivity contribution in [1.82, 2.24) is 29.9 Å². The van der Waals surface area contributed by atoms with Crippen molar-refractivity contribution >= 4 is 29.2 Å². The van der Waals surface area contributed by atoms with Crippen LogP contribution in [0.3, 0.4) is 0 Å². The highest BCUT2D eigenvalue weighted by molar-refractivity contribution is 7.99. The number of ether oxygens (including phenoxy) is 1. The monoisotopic (exact) mass is 527 g/mol. The fourth-order valence-electron chi connectivity index (χ4n) is 4.90. The number of nitrogens with zero attached hydrogens (tertiary/aromatic N) is 7. The summed E-state index contributed by atoms with van der Waals surface area (Å²) in [6.45, 7) is 2.69. The second kappa shape index (κ2) is 9.62. The summed E-state index contributed by atoms with van der Waals surface area (Å²) < 4.78 is 6.36. The zero-order valence-electron chi connectivity index (χ0n) is 20.6. The van der Waals surface area contributed by atoms with Crippen LogP contribution in [0, 0.1) is 0 Å². The molecule has 4 aromatic rings. The Balaban J connectivity index is 1.23. The molecule has 2 aliphatic rings. The highest BCUT2D eigenvalue weighted by Gasteiger charge is 2.48. The van der Waals surface area contributed by atoms with Crippen LogP contribution < -0.4 is 21.1 Å². The summed E-state index contributed by atoms with van der Waals surface area (Å²) in [6, 6.07) is 9.44. The number of hydrogen-bond acceptors (Lipinski definition) is 12. The van der Waals surface area contributed by atoms with E-state index in [2.05, 4.69) is 29.9 Å². The number of Topliss-reactive ketones (excluding diaryl/α,β-unsaturated/α-hetero) is 1. The molecule has 0 radical (unpaired) electrons. The van der Waals surface area contributed by atoms with Crippen molar-refractivity contribution in [3.05, 3.63) is 66.4 Å². The van der Waals surface area contributed by atoms with E-state index in [1.807, 2.05) is 29.2 Å². The Morgan fingerprint density at radius 1 is 1.08 bits per heavy atom. The van der Waals surface area contributed by atoms with Crippen LogP contribution in [-0.4, -0.2) is 54.4 Å². The van der Waals surface area contributed by atoms with Gasteiger partial charge in [-0.1, -0.05) is 18.2 Å². The van der Waals surface area contributed by atoms with E-state index in [0.717, 1.165) is 11.3 Å². The van der Waals surface area contributed by atoms with E-state index in [0.29, 0.717) is 53.3 Å². The second-order valence-electron chi connectivity index (χ2n) is 9.22. The largest absolute Gasteiger partial charge is 0.485 e. The molecule has 1 atom stereocenters. The lowest BCUT2D eigenvalue weighted by molar-refractivity contribution is 0.0430. The minimum atomic E-state index is -0.473. The molecule has 0 bridgehead atoms. The summed E-state index contributed by atoms with van der Waals surface area (Å²) in [5.74, 6) is 1.77. The first kappa shape index (κ1) is 24.2. The van der Waals surface area contributed by atoms with Gasteiger partial charge in [-0.3, -0.25) is 9.78 Å². The number of rotatable bonds is 5. The number of nitrogen functional groups attached to an aromatic ring is 1. The summed E-state index contributed by atoms with van der Waals surface area (Å²) >= 11 is 1.21. The van der Waals surface area contributed by atoms with Gasteiger partial charge in [0, 0.05) is 57.0 Å². The molecule has 6 rings (SSSR count). The number of nitrogens with two attached hydrogens (primary N) is 2. The molecule has 192 valence electrons. The number of ketones is 1. The average molecular weight is 528 g/mol. The maximum Gasteiger partial charge on any atom is 0.181 e. The number of hydrogen-bond donors (Lipinski definition) is 2. The molecule has 1 aromatic carbocycles. The van der Waals surface area contributed by atoms with Gasteiger partial charge in [0.05, 0.1) is 12.2 Å². The number of anilines is 2. The van der Waals surface area contributed by atoms with Crippen LogP contribution in [-0.2, 0) is 0 Å². The first-order valence-electron chi connectivity index (χ1n) is 12.2. The van der Waals surface area contributed by atoms with E-state index < -0.39 is 5.60 Å². The quantitative estimate of drug-likeness (QED) is 0.289. The number of carbonyl (C=O) groups excluding carboxylic acids is 1. The van der Waals surface area contributed by atoms with Crippen LogP contribution >= 0.6 is 11.8 Å². The predicted molar refractivity (Wildman–Crippen MR) is 142 cm³/mol. The van der Waals surface area contributed by atoms with Crippen molar-refractivity contribution in [3.8, 4) is 17.3 Å². The summed E-state index contributed by atoms with van der Waals surface area (Å²) in [6.07, 6.45) is 7.74. The molecule has 3 aromatic heterocycles. The van der Waals surface area contributed by atoms with Gasteiger partial charge in [0.1, 0.15) is 32.8 Å². The molecular formula is C26H25N9O2S. The Kier molecular flexibility index (Phi) is 6.12. The van der Waals surface area contributed by atoms with Crippen molar-refractivity contribution in [2.75, 3.05) is 23.7 Å². The fourth-order valence-corrected chi connectivity index (χ4v) is 5.64. The molecule has 12 heteroatoms. The maximum absolute atomic E-state index is 12.6. The van der Waals surface area contributed by atoms with E-state index in [1.54, 1.807) is 30.9 Å². The lowest BCUT2D eigenvalue weighted by Crippen LogP contribution is -2.52. The van der Waals surface area contributed by atoms with Gasteiger partial charge in [-0.2, -0.15) is 0 Å². The van der Waals surface area contributed by atoms with Gasteiger partial charge in [-0.15, -0.1) is 0 Å². The molecule has 5 heterocycles. The molecular weight excluding hydrogens is 502 g/mol. The molecule has 1 saturated heterocycles. The van der Waals surface area contributed by atoms with E-state index in [1.165, 1.54) is 18.7 Å². The Bertz CT molecular complexity index is 1510. The molecule has 2 aliphatic heterocycles. The first-order valence-corrected chi connectivity index (χ1v) is 13.0. The number of aromatic nitrogens is 6. The predicted octanol–water partition coefficient (Wildman–Crippen LogP) is 3.09. The van der Waals surface area contributed by atoms with Gasteiger partial charge in [0.25, 0.3) is 0 Å². The molecule has 4 N–H and O–H groups in total. The van der Waals surface area contributed by atoms with Crippen LogP contribution in [0.5, 0.6) is 5.75 Å². The highest BCUT2D eigenvalue weighted by atomic mass is 32.2. The lowest BCUT2D eigenvalue weighted by atomic mass is 9.83. The second-order valence-corrected chi connectivity index (χ2v) is 10.2. The van der Waals surface area contributed by atoms with Crippen LogP contribution in [0.25, 0.3) is 11.5 Å². The number of benzene rings is 1. The SMILES string of the molecule is CC(=O)c1nc(Sc2ccnc(-c3cnccn3)n2)c(N)nc1N1CCC2(CC1)Oc1ccccc1[C@H]2N. The number of piperidine rings is 1. The molecule has 1 fully saturated rings. The minimum absolute atomic E-state index is 0.196. The summed E-state index contributed by atoms with van der Waals surface area (Å²) in [5.41, 5.74) is 14.3. The first-order chi connectivity index (χ1) is 18.4. The Hall–Kier alpha value is -4.16. The van der Waals surface area contributed by atoms with Crippen molar-refractivity contribution in [2.45, 2.75) is 41.5 Å². The number of para-hydroxylation sites is 1. The molecule has 38 heavy (non-hydrogen) atoms. The van der Waals surface area contributed by atoms with Crippen LogP contribution in [0.4, 0.5) is 11.6 Å². The molecule has 0 amide bonds. The summed E-state index contributed by atoms with van der Waals surface area (Å²) in [4.78, 5) is 41.0. The third-order valence-electron chi connectivity index (χ3n) is 6.87. The Morgan fingerprint density at radius 3 is 2.63 bits per heavy atom. The molecule has 0 aliphatic carbocycles. The lowest BCUT2D eigenvalue weighted by Gasteiger charge is -2.41. The van der Waals surface area contributed by atoms with Crippen LogP contribution in [0.2, 0.25) is 0 Å². The summed E-state index contributed by atoms with van der Waals surface area (Å²) in [5, 5.41) is 0.989. The van der Waals surface area contributed by atoms with Gasteiger partial charge >= 0.3 is 0 Å². The minimum Gasteiger partial charge on any atom is -0.485 e. The smallest absolute Gasteiger partial charge is 0.181 e. The number of carbonyl (C=O) groups is 1. The molecule has 0 saturated carbocycles. The zero-order chi connectivity index (χ0) is 26.3. The molecule has 1 spiro atoms. The summed E-state index contributed by atoms with van der Waals surface area (Å²) in [7, 11) is 0. The maximum atomic E-state index is 12.6. The van der Waals surface area contributed by atoms with Crippen LogP contribution in [0.1, 0.15) is 41.9 Å². The van der Waals surface area contributed by atoms with Gasteiger partial charge in [-0.25, -0.2) is 24.9 Å². The Labute approximate surface area is 223 Å². The van der Waals surface area contributed by atoms with E-state index in [9.17, 15) is 4.79 Å². The van der Waals surface area contributed by atoms with Crippen molar-refractivity contribution in [1.29, 1.82) is 0 Å². The van der Waals surface area contributed by atoms with Crippen molar-refractivity contribution in [2.24, 2.45) is 5.73 Å². The third kappa shape index (κ3) is 4.31. The van der Waals surface area contributed by atoms with Gasteiger partial charge in [0.2, 0.25) is 0 Å². The average Bonchev–Trinajstić information content (AvgIpc) is 3.21.